The Hall–Kier alpha value is -1.95. The van der Waals surface area contributed by atoms with E-state index < -0.39 is 5.97 Å². The van der Waals surface area contributed by atoms with Crippen LogP contribution in [-0.4, -0.2) is 40.7 Å². The van der Waals surface area contributed by atoms with Gasteiger partial charge in [0.1, 0.15) is 5.69 Å². The first-order valence-corrected chi connectivity index (χ1v) is 7.03. The van der Waals surface area contributed by atoms with E-state index in [1.165, 1.54) is 18.3 Å². The molecule has 3 rings (SSSR count). The Morgan fingerprint density at radius 1 is 1.43 bits per heavy atom. The van der Waals surface area contributed by atoms with Crippen LogP contribution in [0.3, 0.4) is 0 Å². The maximum absolute atomic E-state index is 12.3. The zero-order valence-corrected chi connectivity index (χ0v) is 12.0. The molecule has 6 heteroatoms. The van der Waals surface area contributed by atoms with Crippen molar-refractivity contribution in [1.82, 2.24) is 10.3 Å². The second-order valence-corrected chi connectivity index (χ2v) is 6.25. The minimum absolute atomic E-state index is 0.0696. The van der Waals surface area contributed by atoms with E-state index in [0.29, 0.717) is 11.5 Å². The minimum atomic E-state index is -1.10. The van der Waals surface area contributed by atoms with E-state index >= 15 is 0 Å². The summed E-state index contributed by atoms with van der Waals surface area (Å²) in [6.45, 7) is 4.94. The number of aromatic carboxylic acids is 1. The van der Waals surface area contributed by atoms with Gasteiger partial charge in [0.15, 0.2) is 0 Å². The Morgan fingerprint density at radius 3 is 2.81 bits per heavy atom. The SMILES string of the molecule is CC1(C)[C@H](NC(=O)c2ccc(C(=O)O)nc2)[C@@H]2CCO[C@H]21. The van der Waals surface area contributed by atoms with E-state index in [2.05, 4.69) is 24.1 Å². The molecule has 112 valence electrons. The van der Waals surface area contributed by atoms with Crippen LogP contribution in [0.2, 0.25) is 0 Å². The number of carboxylic acid groups (broad SMARTS) is 1. The number of nitrogens with zero attached hydrogens (tertiary/aromatic N) is 1. The van der Waals surface area contributed by atoms with Crippen LogP contribution in [0.5, 0.6) is 0 Å². The van der Waals surface area contributed by atoms with Crippen LogP contribution < -0.4 is 5.32 Å². The highest BCUT2D eigenvalue weighted by molar-refractivity contribution is 5.95. The van der Waals surface area contributed by atoms with Gasteiger partial charge in [-0.1, -0.05) is 13.8 Å². The molecule has 0 aromatic carbocycles. The van der Waals surface area contributed by atoms with Gasteiger partial charge in [-0.2, -0.15) is 0 Å². The molecule has 2 fully saturated rings. The molecule has 2 N–H and O–H groups in total. The van der Waals surface area contributed by atoms with Crippen molar-refractivity contribution in [1.29, 1.82) is 0 Å². The molecule has 0 radical (unpaired) electrons. The lowest BCUT2D eigenvalue weighted by molar-refractivity contribution is -0.108. The topological polar surface area (TPSA) is 88.5 Å². The first kappa shape index (κ1) is 14.0. The third-order valence-corrected chi connectivity index (χ3v) is 4.63. The number of nitrogens with one attached hydrogen (secondary N) is 1. The Morgan fingerprint density at radius 2 is 2.19 bits per heavy atom. The number of ether oxygens (including phenoxy) is 1. The van der Waals surface area contributed by atoms with Gasteiger partial charge in [-0.05, 0) is 18.6 Å². The molecule has 0 bridgehead atoms. The van der Waals surface area contributed by atoms with Crippen LogP contribution in [-0.2, 0) is 4.74 Å². The molecule has 21 heavy (non-hydrogen) atoms. The molecule has 2 aliphatic rings. The molecule has 1 aliphatic carbocycles. The van der Waals surface area contributed by atoms with Crippen LogP contribution in [0.4, 0.5) is 0 Å². The van der Waals surface area contributed by atoms with E-state index in [1.807, 2.05) is 0 Å². The minimum Gasteiger partial charge on any atom is -0.477 e. The van der Waals surface area contributed by atoms with Gasteiger partial charge >= 0.3 is 5.97 Å². The summed E-state index contributed by atoms with van der Waals surface area (Å²) in [7, 11) is 0. The highest BCUT2D eigenvalue weighted by Gasteiger charge is 2.59. The summed E-state index contributed by atoms with van der Waals surface area (Å²) < 4.78 is 5.70. The second-order valence-electron chi connectivity index (χ2n) is 6.25. The molecule has 1 aromatic rings. The van der Waals surface area contributed by atoms with Crippen molar-refractivity contribution >= 4 is 11.9 Å². The molecule has 0 unspecified atom stereocenters. The predicted octanol–water partition coefficient (Wildman–Crippen LogP) is 1.32. The van der Waals surface area contributed by atoms with Gasteiger partial charge in [0.25, 0.3) is 5.91 Å². The quantitative estimate of drug-likeness (QED) is 0.876. The summed E-state index contributed by atoms with van der Waals surface area (Å²) >= 11 is 0. The monoisotopic (exact) mass is 290 g/mol. The fourth-order valence-electron chi connectivity index (χ4n) is 3.50. The number of hydrogen-bond acceptors (Lipinski definition) is 4. The number of hydrogen-bond donors (Lipinski definition) is 2. The Labute approximate surface area is 122 Å². The van der Waals surface area contributed by atoms with Crippen LogP contribution in [0.1, 0.15) is 41.1 Å². The van der Waals surface area contributed by atoms with Crippen LogP contribution in [0.25, 0.3) is 0 Å². The Bertz CT molecular complexity index is 582. The summed E-state index contributed by atoms with van der Waals surface area (Å²) in [5.74, 6) is -0.953. The van der Waals surface area contributed by atoms with E-state index in [4.69, 9.17) is 9.84 Å². The fourth-order valence-corrected chi connectivity index (χ4v) is 3.50. The van der Waals surface area contributed by atoms with Gasteiger partial charge in [-0.3, -0.25) is 4.79 Å². The molecule has 1 aromatic heterocycles. The van der Waals surface area contributed by atoms with Crippen LogP contribution in [0, 0.1) is 11.3 Å². The maximum atomic E-state index is 12.3. The number of amides is 1. The number of carbonyl (C=O) groups is 2. The summed E-state index contributed by atoms with van der Waals surface area (Å²) in [5.41, 5.74) is 0.226. The number of pyridine rings is 1. The lowest BCUT2D eigenvalue weighted by Crippen LogP contribution is -2.66. The second kappa shape index (κ2) is 4.80. The van der Waals surface area contributed by atoms with Crippen molar-refractivity contribution < 1.29 is 19.4 Å². The molecule has 0 spiro atoms. The highest BCUT2D eigenvalue weighted by atomic mass is 16.5. The molecule has 1 saturated carbocycles. The van der Waals surface area contributed by atoms with Gasteiger partial charge in [0.05, 0.1) is 11.7 Å². The van der Waals surface area contributed by atoms with Gasteiger partial charge in [-0.15, -0.1) is 0 Å². The summed E-state index contributed by atoms with van der Waals surface area (Å²) in [6.07, 6.45) is 2.48. The van der Waals surface area contributed by atoms with E-state index in [-0.39, 0.29) is 29.2 Å². The Balaban J connectivity index is 1.70. The van der Waals surface area contributed by atoms with Crippen molar-refractivity contribution in [3.63, 3.8) is 0 Å². The fraction of sp³-hybridized carbons (Fsp3) is 0.533. The van der Waals surface area contributed by atoms with Crippen molar-refractivity contribution in [3.8, 4) is 0 Å². The molecule has 3 atom stereocenters. The molecular formula is C15H18N2O4. The average Bonchev–Trinajstić information content (AvgIpc) is 2.91. The largest absolute Gasteiger partial charge is 0.477 e. The molecule has 2 heterocycles. The third-order valence-electron chi connectivity index (χ3n) is 4.63. The maximum Gasteiger partial charge on any atom is 0.354 e. The van der Waals surface area contributed by atoms with Crippen molar-refractivity contribution in [2.45, 2.75) is 32.4 Å². The normalized spacial score (nSPS) is 29.3. The van der Waals surface area contributed by atoms with E-state index in [0.717, 1.165) is 13.0 Å². The first-order valence-electron chi connectivity index (χ1n) is 7.03. The summed E-state index contributed by atoms with van der Waals surface area (Å²) in [4.78, 5) is 26.8. The van der Waals surface area contributed by atoms with Crippen LogP contribution in [0.15, 0.2) is 18.3 Å². The number of rotatable bonds is 3. The van der Waals surface area contributed by atoms with Gasteiger partial charge in [0.2, 0.25) is 0 Å². The molecule has 1 aliphatic heterocycles. The molecular weight excluding hydrogens is 272 g/mol. The Kier molecular flexibility index (Phi) is 3.20. The van der Waals surface area contributed by atoms with Crippen molar-refractivity contribution in [2.75, 3.05) is 6.61 Å². The summed E-state index contributed by atoms with van der Waals surface area (Å²) in [5, 5.41) is 11.8. The smallest absolute Gasteiger partial charge is 0.354 e. The molecule has 1 amide bonds. The van der Waals surface area contributed by atoms with Crippen molar-refractivity contribution in [3.05, 3.63) is 29.6 Å². The van der Waals surface area contributed by atoms with E-state index in [9.17, 15) is 9.59 Å². The van der Waals surface area contributed by atoms with Crippen molar-refractivity contribution in [2.24, 2.45) is 11.3 Å². The highest BCUT2D eigenvalue weighted by Crippen LogP contribution is 2.52. The molecule has 1 saturated heterocycles. The lowest BCUT2D eigenvalue weighted by atomic mass is 9.57. The standard InChI is InChI=1S/C15H18N2O4/c1-15(2)11(9-5-6-21-12(9)15)17-13(18)8-3-4-10(14(19)20)16-7-8/h3-4,7,9,11-12H,5-6H2,1-2H3,(H,17,18)(H,19,20)/t9-,11+,12+/m0/s1. The number of fused-ring (bicyclic) bond motifs is 1. The third kappa shape index (κ3) is 2.19. The van der Waals surface area contributed by atoms with Gasteiger partial charge < -0.3 is 15.2 Å². The van der Waals surface area contributed by atoms with Crippen LogP contribution >= 0.6 is 0 Å². The number of aromatic nitrogens is 1. The molecule has 6 nitrogen and oxygen atoms in total. The van der Waals surface area contributed by atoms with E-state index in [1.54, 1.807) is 0 Å². The predicted molar refractivity (Wildman–Crippen MR) is 74.1 cm³/mol. The zero-order chi connectivity index (χ0) is 15.2. The summed E-state index contributed by atoms with van der Waals surface area (Å²) in [6, 6.07) is 2.90. The number of carboxylic acids is 1. The van der Waals surface area contributed by atoms with Gasteiger partial charge in [0, 0.05) is 30.2 Å². The lowest BCUT2D eigenvalue weighted by Gasteiger charge is -2.54. The number of carbonyl (C=O) groups excluding carboxylic acids is 1. The first-order chi connectivity index (χ1) is 9.91. The average molecular weight is 290 g/mol. The zero-order valence-electron chi connectivity index (χ0n) is 12.0. The van der Waals surface area contributed by atoms with Gasteiger partial charge in [-0.25, -0.2) is 9.78 Å².